The molecule has 0 unspecified atom stereocenters. The van der Waals surface area contributed by atoms with Gasteiger partial charge in [-0.1, -0.05) is 0 Å². The zero-order valence-corrected chi connectivity index (χ0v) is 25.9. The van der Waals surface area contributed by atoms with Crippen molar-refractivity contribution in [2.45, 2.75) is 101 Å². The molecule has 4 aliphatic rings. The van der Waals surface area contributed by atoms with E-state index in [1.165, 1.54) is 38.1 Å². The number of nitrogens with two attached hydrogens (primary N) is 1. The molecule has 7 rings (SSSR count). The zero-order valence-electron chi connectivity index (χ0n) is 25.9. The number of nitrogens with one attached hydrogen (secondary N) is 2. The van der Waals surface area contributed by atoms with Crippen LogP contribution in [0.1, 0.15) is 83.1 Å². The molecule has 3 aromatic rings. The van der Waals surface area contributed by atoms with Gasteiger partial charge in [0.25, 0.3) is 0 Å². The Labute approximate surface area is 263 Å². The number of anilines is 3. The molecular formula is C33H45F2N9O. The highest BCUT2D eigenvalue weighted by Gasteiger charge is 2.35. The summed E-state index contributed by atoms with van der Waals surface area (Å²) in [4.78, 5) is 32.5. The maximum absolute atomic E-state index is 14.7. The van der Waals surface area contributed by atoms with Crippen LogP contribution in [0.4, 0.5) is 26.4 Å². The molecule has 1 aromatic carbocycles. The molecule has 0 bridgehead atoms. The number of piperidine rings is 1. The van der Waals surface area contributed by atoms with Crippen molar-refractivity contribution in [2.24, 2.45) is 11.7 Å². The molecule has 242 valence electrons. The van der Waals surface area contributed by atoms with E-state index in [9.17, 15) is 13.6 Å². The van der Waals surface area contributed by atoms with Crippen LogP contribution in [0.2, 0.25) is 0 Å². The summed E-state index contributed by atoms with van der Waals surface area (Å²) in [6.45, 7) is 4.11. The van der Waals surface area contributed by atoms with Crippen molar-refractivity contribution in [3.63, 3.8) is 0 Å². The number of rotatable bonds is 7. The minimum absolute atomic E-state index is 0.00912. The minimum Gasteiger partial charge on any atom is -0.351 e. The molecule has 1 amide bonds. The number of benzene rings is 1. The predicted molar refractivity (Wildman–Crippen MR) is 170 cm³/mol. The Balaban J connectivity index is 1.08. The Morgan fingerprint density at radius 1 is 0.867 bits per heavy atom. The summed E-state index contributed by atoms with van der Waals surface area (Å²) in [5.41, 5.74) is 7.49. The lowest BCUT2D eigenvalue weighted by Gasteiger charge is -2.39. The number of aromatic nitrogens is 4. The van der Waals surface area contributed by atoms with Crippen molar-refractivity contribution in [2.75, 3.05) is 36.8 Å². The normalized spacial score (nSPS) is 26.8. The van der Waals surface area contributed by atoms with Gasteiger partial charge in [-0.2, -0.15) is 4.98 Å². The van der Waals surface area contributed by atoms with E-state index in [0.29, 0.717) is 29.1 Å². The van der Waals surface area contributed by atoms with Crippen LogP contribution in [0.5, 0.6) is 0 Å². The number of halogens is 2. The average Bonchev–Trinajstić information content (AvgIpc) is 3.72. The minimum atomic E-state index is -0.694. The lowest BCUT2D eigenvalue weighted by molar-refractivity contribution is -0.138. The predicted octanol–water partition coefficient (Wildman–Crippen LogP) is 5.35. The molecule has 45 heavy (non-hydrogen) atoms. The third-order valence-corrected chi connectivity index (χ3v) is 10.6. The summed E-state index contributed by atoms with van der Waals surface area (Å²) in [6.07, 6.45) is 13.4. The number of nitrogens with zero attached hydrogens (tertiary/aromatic N) is 6. The maximum atomic E-state index is 14.7. The average molecular weight is 622 g/mol. The first-order valence-electron chi connectivity index (χ1n) is 16.9. The van der Waals surface area contributed by atoms with Gasteiger partial charge in [0, 0.05) is 49.2 Å². The first-order valence-corrected chi connectivity index (χ1v) is 16.9. The number of hydrogen-bond acceptors (Lipinski definition) is 8. The van der Waals surface area contributed by atoms with Crippen LogP contribution in [0.15, 0.2) is 24.4 Å². The lowest BCUT2D eigenvalue weighted by Crippen LogP contribution is -2.48. The van der Waals surface area contributed by atoms with E-state index in [1.807, 2.05) is 4.57 Å². The first kappa shape index (κ1) is 30.3. The van der Waals surface area contributed by atoms with Gasteiger partial charge >= 0.3 is 0 Å². The second kappa shape index (κ2) is 13.2. The molecular weight excluding hydrogens is 576 g/mol. The van der Waals surface area contributed by atoms with Gasteiger partial charge in [0.15, 0.2) is 5.65 Å². The van der Waals surface area contributed by atoms with Crippen LogP contribution in [0, 0.1) is 17.6 Å². The smallest absolute Gasteiger partial charge is 0.225 e. The van der Waals surface area contributed by atoms with Gasteiger partial charge in [0.2, 0.25) is 17.8 Å². The number of hydrogen-bond donors (Lipinski definition) is 3. The van der Waals surface area contributed by atoms with E-state index in [-0.39, 0.29) is 35.6 Å². The molecule has 2 aromatic heterocycles. The molecule has 2 aliphatic heterocycles. The van der Waals surface area contributed by atoms with Crippen molar-refractivity contribution >= 4 is 34.7 Å². The second-order valence-corrected chi connectivity index (χ2v) is 13.5. The lowest BCUT2D eigenvalue weighted by atomic mass is 9.84. The molecule has 2 aliphatic carbocycles. The molecule has 4 heterocycles. The van der Waals surface area contributed by atoms with Crippen molar-refractivity contribution < 1.29 is 13.6 Å². The highest BCUT2D eigenvalue weighted by Crippen LogP contribution is 2.38. The summed E-state index contributed by atoms with van der Waals surface area (Å²) < 4.78 is 30.4. The molecule has 4 N–H and O–H groups in total. The van der Waals surface area contributed by atoms with Gasteiger partial charge in [0.05, 0.1) is 11.9 Å². The second-order valence-electron chi connectivity index (χ2n) is 13.5. The number of imidazole rings is 1. The van der Waals surface area contributed by atoms with E-state index >= 15 is 0 Å². The summed E-state index contributed by atoms with van der Waals surface area (Å²) in [6, 6.07) is 4.60. The molecule has 0 atom stereocenters. The highest BCUT2D eigenvalue weighted by molar-refractivity contribution is 5.79. The van der Waals surface area contributed by atoms with Crippen LogP contribution in [0.25, 0.3) is 11.2 Å². The molecule has 2 saturated carbocycles. The van der Waals surface area contributed by atoms with E-state index in [4.69, 9.17) is 15.7 Å². The number of likely N-dealkylation sites (tertiary alicyclic amines) is 2. The topological polar surface area (TPSA) is 117 Å². The number of fused-ring (bicyclic) bond motifs is 1. The summed E-state index contributed by atoms with van der Waals surface area (Å²) in [7, 11) is 0. The summed E-state index contributed by atoms with van der Waals surface area (Å²) in [5.74, 6) is -0.0685. The molecule has 12 heteroatoms. The van der Waals surface area contributed by atoms with Gasteiger partial charge in [-0.25, -0.2) is 18.7 Å². The Hall–Kier alpha value is -3.38. The molecule has 2 saturated heterocycles. The first-order chi connectivity index (χ1) is 21.9. The number of amides is 1. The van der Waals surface area contributed by atoms with Crippen molar-refractivity contribution in [3.8, 4) is 0 Å². The quantitative estimate of drug-likeness (QED) is 0.324. The monoisotopic (exact) mass is 621 g/mol. The van der Waals surface area contributed by atoms with Crippen LogP contribution >= 0.6 is 0 Å². The third-order valence-electron chi connectivity index (χ3n) is 10.6. The van der Waals surface area contributed by atoms with Crippen LogP contribution < -0.4 is 16.4 Å². The maximum Gasteiger partial charge on any atom is 0.225 e. The van der Waals surface area contributed by atoms with E-state index in [0.717, 1.165) is 83.4 Å². The third kappa shape index (κ3) is 6.63. The van der Waals surface area contributed by atoms with Gasteiger partial charge in [-0.05, 0) is 102 Å². The number of carbonyl (C=O) groups excluding carboxylic acids is 1. The van der Waals surface area contributed by atoms with Crippen molar-refractivity contribution in [1.82, 2.24) is 29.3 Å². The van der Waals surface area contributed by atoms with Gasteiger partial charge in [0.1, 0.15) is 17.2 Å². The Bertz CT molecular complexity index is 1480. The van der Waals surface area contributed by atoms with E-state index in [1.54, 1.807) is 6.20 Å². The molecule has 4 fully saturated rings. The molecule has 0 radical (unpaired) electrons. The van der Waals surface area contributed by atoms with Crippen molar-refractivity contribution in [1.29, 1.82) is 0 Å². The summed E-state index contributed by atoms with van der Waals surface area (Å²) >= 11 is 0. The summed E-state index contributed by atoms with van der Waals surface area (Å²) in [5, 5.41) is 6.59. The largest absolute Gasteiger partial charge is 0.351 e. The molecule has 10 nitrogen and oxygen atoms in total. The SMILES string of the molecule is NC1CCC(Nc2ncc3nc(Nc4ccc(F)cc4F)n(C4CCC(C(=O)N5CCC(N6CCCC6)CC5)CC4)c3n2)CC1. The fraction of sp³-hybridized carbons (Fsp3) is 0.636. The van der Waals surface area contributed by atoms with Gasteiger partial charge in [-0.15, -0.1) is 0 Å². The van der Waals surface area contributed by atoms with E-state index in [2.05, 4.69) is 25.4 Å². The fourth-order valence-electron chi connectivity index (χ4n) is 7.95. The van der Waals surface area contributed by atoms with Crippen LogP contribution in [0.3, 0.4) is 0 Å². The number of carbonyl (C=O) groups is 1. The van der Waals surface area contributed by atoms with Crippen molar-refractivity contribution in [3.05, 3.63) is 36.0 Å². The highest BCUT2D eigenvalue weighted by atomic mass is 19.1. The van der Waals surface area contributed by atoms with Crippen LogP contribution in [-0.2, 0) is 4.79 Å². The Morgan fingerprint density at radius 2 is 1.60 bits per heavy atom. The van der Waals surface area contributed by atoms with Crippen LogP contribution in [-0.4, -0.2) is 79.5 Å². The standard InChI is InChI=1S/C33H45F2N9O/c34-22-5-12-28(27(35)19-22)39-33-40-29-20-37-32(38-24-8-6-23(36)7-9-24)41-30(29)44(33)26-10-3-21(4-11-26)31(45)43-17-13-25(14-18-43)42-15-1-2-16-42/h5,12,19-21,23-26H,1-4,6-11,13-18,36H2,(H,39,40)(H,37,38,41). The molecule has 0 spiro atoms. The Kier molecular flexibility index (Phi) is 8.85. The van der Waals surface area contributed by atoms with Gasteiger partial charge < -0.3 is 26.2 Å². The van der Waals surface area contributed by atoms with E-state index < -0.39 is 11.6 Å². The van der Waals surface area contributed by atoms with Gasteiger partial charge in [-0.3, -0.25) is 9.36 Å². The zero-order chi connectivity index (χ0) is 30.9. The fourth-order valence-corrected chi connectivity index (χ4v) is 7.95. The Morgan fingerprint density at radius 3 is 2.31 bits per heavy atom.